The summed E-state index contributed by atoms with van der Waals surface area (Å²) in [6.45, 7) is 3.52. The number of nitriles is 1. The molecule has 1 amide bonds. The number of carbonyl (C=O) groups is 1. The SMILES string of the molecule is C[C@H](NC(=O)[C@@H](C)Oc1ccc(-c2ccc(C#N)cc2)cc1)c1ccc(F)cc1. The molecule has 0 radical (unpaired) electrons. The maximum Gasteiger partial charge on any atom is 0.261 e. The summed E-state index contributed by atoms with van der Waals surface area (Å²) in [6.07, 6.45) is -0.682. The van der Waals surface area contributed by atoms with Crippen LogP contribution in [0.25, 0.3) is 11.1 Å². The predicted molar refractivity (Wildman–Crippen MR) is 110 cm³/mol. The van der Waals surface area contributed by atoms with E-state index in [0.717, 1.165) is 16.7 Å². The van der Waals surface area contributed by atoms with Crippen molar-refractivity contribution in [3.8, 4) is 22.9 Å². The summed E-state index contributed by atoms with van der Waals surface area (Å²) in [4.78, 5) is 12.4. The van der Waals surface area contributed by atoms with E-state index in [4.69, 9.17) is 10.00 Å². The molecule has 0 fully saturated rings. The molecule has 0 aromatic heterocycles. The lowest BCUT2D eigenvalue weighted by Crippen LogP contribution is -2.37. The van der Waals surface area contributed by atoms with E-state index < -0.39 is 6.10 Å². The molecular formula is C24H21FN2O2. The van der Waals surface area contributed by atoms with E-state index >= 15 is 0 Å². The monoisotopic (exact) mass is 388 g/mol. The lowest BCUT2D eigenvalue weighted by Gasteiger charge is -2.19. The second-order valence-corrected chi connectivity index (χ2v) is 6.76. The molecule has 0 aliphatic rings. The summed E-state index contributed by atoms with van der Waals surface area (Å²) in [5, 5.41) is 11.8. The Balaban J connectivity index is 1.59. The van der Waals surface area contributed by atoms with Crippen molar-refractivity contribution in [2.45, 2.75) is 26.0 Å². The summed E-state index contributed by atoms with van der Waals surface area (Å²) in [5.74, 6) is 0.0194. The molecule has 0 unspecified atom stereocenters. The fraction of sp³-hybridized carbons (Fsp3) is 0.167. The Bertz CT molecular complexity index is 1010. The van der Waals surface area contributed by atoms with E-state index in [1.165, 1.54) is 12.1 Å². The van der Waals surface area contributed by atoms with Crippen LogP contribution in [0.5, 0.6) is 5.75 Å². The summed E-state index contributed by atoms with van der Waals surface area (Å²) in [6, 6.07) is 22.6. The van der Waals surface area contributed by atoms with Gasteiger partial charge in [-0.05, 0) is 66.9 Å². The van der Waals surface area contributed by atoms with Crippen molar-refractivity contribution in [2.24, 2.45) is 0 Å². The Morgan fingerprint density at radius 3 is 2.03 bits per heavy atom. The van der Waals surface area contributed by atoms with Gasteiger partial charge in [0.15, 0.2) is 6.10 Å². The highest BCUT2D eigenvalue weighted by atomic mass is 19.1. The van der Waals surface area contributed by atoms with Crippen LogP contribution in [0.3, 0.4) is 0 Å². The van der Waals surface area contributed by atoms with Crippen molar-refractivity contribution in [1.82, 2.24) is 5.32 Å². The van der Waals surface area contributed by atoms with Crippen molar-refractivity contribution < 1.29 is 13.9 Å². The van der Waals surface area contributed by atoms with Crippen molar-refractivity contribution in [3.63, 3.8) is 0 Å². The number of hydrogen-bond acceptors (Lipinski definition) is 3. The number of amides is 1. The van der Waals surface area contributed by atoms with Crippen LogP contribution in [0.1, 0.15) is 31.0 Å². The van der Waals surface area contributed by atoms with Crippen molar-refractivity contribution in [3.05, 3.63) is 89.7 Å². The number of nitrogens with one attached hydrogen (secondary N) is 1. The lowest BCUT2D eigenvalue weighted by atomic mass is 10.0. The van der Waals surface area contributed by atoms with E-state index in [1.54, 1.807) is 43.3 Å². The number of rotatable bonds is 6. The average molecular weight is 388 g/mol. The number of halogens is 1. The van der Waals surface area contributed by atoms with Gasteiger partial charge in [0.2, 0.25) is 0 Å². The fourth-order valence-electron chi connectivity index (χ4n) is 2.89. The first kappa shape index (κ1) is 20.1. The molecule has 3 aromatic rings. The normalized spacial score (nSPS) is 12.5. The predicted octanol–water partition coefficient (Wildman–Crippen LogP) is 5.01. The molecule has 2 atom stereocenters. The van der Waals surface area contributed by atoms with E-state index in [-0.39, 0.29) is 17.8 Å². The molecule has 146 valence electrons. The second kappa shape index (κ2) is 9.03. The number of nitrogens with zero attached hydrogens (tertiary/aromatic N) is 1. The Morgan fingerprint density at radius 1 is 0.931 bits per heavy atom. The molecule has 0 spiro atoms. The molecule has 29 heavy (non-hydrogen) atoms. The van der Waals surface area contributed by atoms with Gasteiger partial charge in [-0.1, -0.05) is 36.4 Å². The Morgan fingerprint density at radius 2 is 1.48 bits per heavy atom. The first-order chi connectivity index (χ1) is 14.0. The molecule has 3 rings (SSSR count). The summed E-state index contributed by atoms with van der Waals surface area (Å²) in [5.41, 5.74) is 3.42. The summed E-state index contributed by atoms with van der Waals surface area (Å²) in [7, 11) is 0. The fourth-order valence-corrected chi connectivity index (χ4v) is 2.89. The van der Waals surface area contributed by atoms with E-state index in [0.29, 0.717) is 11.3 Å². The van der Waals surface area contributed by atoms with Gasteiger partial charge in [0.25, 0.3) is 5.91 Å². The van der Waals surface area contributed by atoms with Crippen molar-refractivity contribution >= 4 is 5.91 Å². The molecule has 4 nitrogen and oxygen atoms in total. The van der Waals surface area contributed by atoms with Gasteiger partial charge in [-0.3, -0.25) is 4.79 Å². The minimum atomic E-state index is -0.682. The number of benzene rings is 3. The zero-order valence-electron chi connectivity index (χ0n) is 16.2. The third-order valence-electron chi connectivity index (χ3n) is 4.61. The maximum atomic E-state index is 13.0. The zero-order chi connectivity index (χ0) is 20.8. The van der Waals surface area contributed by atoms with Crippen molar-refractivity contribution in [1.29, 1.82) is 5.26 Å². The topological polar surface area (TPSA) is 62.1 Å². The second-order valence-electron chi connectivity index (χ2n) is 6.76. The molecular weight excluding hydrogens is 367 g/mol. The number of ether oxygens (including phenoxy) is 1. The minimum absolute atomic E-state index is 0.252. The highest BCUT2D eigenvalue weighted by Gasteiger charge is 2.18. The average Bonchev–Trinajstić information content (AvgIpc) is 2.74. The highest BCUT2D eigenvalue weighted by molar-refractivity contribution is 5.81. The van der Waals surface area contributed by atoms with Gasteiger partial charge in [0.05, 0.1) is 17.7 Å². The zero-order valence-corrected chi connectivity index (χ0v) is 16.2. The van der Waals surface area contributed by atoms with E-state index in [9.17, 15) is 9.18 Å². The van der Waals surface area contributed by atoms with Crippen LogP contribution < -0.4 is 10.1 Å². The summed E-state index contributed by atoms with van der Waals surface area (Å²) < 4.78 is 18.8. The molecule has 0 saturated carbocycles. The molecule has 0 aliphatic carbocycles. The third kappa shape index (κ3) is 5.20. The Labute approximate surface area is 169 Å². The molecule has 0 heterocycles. The first-order valence-electron chi connectivity index (χ1n) is 9.29. The van der Waals surface area contributed by atoms with E-state index in [2.05, 4.69) is 11.4 Å². The van der Waals surface area contributed by atoms with E-state index in [1.807, 2.05) is 31.2 Å². The van der Waals surface area contributed by atoms with Crippen LogP contribution >= 0.6 is 0 Å². The molecule has 0 aliphatic heterocycles. The van der Waals surface area contributed by atoms with Crippen molar-refractivity contribution in [2.75, 3.05) is 0 Å². The standard InChI is InChI=1S/C24H21FN2O2/c1-16(19-7-11-22(25)12-8-19)27-24(28)17(2)29-23-13-9-21(10-14-23)20-5-3-18(15-26)4-6-20/h3-14,16-17H,1-2H3,(H,27,28)/t16-,17+/m0/s1. The van der Waals surface area contributed by atoms with Crippen LogP contribution in [0.4, 0.5) is 4.39 Å². The van der Waals surface area contributed by atoms with Crippen LogP contribution in [-0.2, 0) is 4.79 Å². The van der Waals surface area contributed by atoms with Crippen LogP contribution in [-0.4, -0.2) is 12.0 Å². The quantitative estimate of drug-likeness (QED) is 0.646. The van der Waals surface area contributed by atoms with Gasteiger partial charge < -0.3 is 10.1 Å². The largest absolute Gasteiger partial charge is 0.481 e. The van der Waals surface area contributed by atoms with Gasteiger partial charge in [-0.25, -0.2) is 4.39 Å². The smallest absolute Gasteiger partial charge is 0.261 e. The Hall–Kier alpha value is -3.65. The first-order valence-corrected chi connectivity index (χ1v) is 9.29. The summed E-state index contributed by atoms with van der Waals surface area (Å²) >= 11 is 0. The minimum Gasteiger partial charge on any atom is -0.481 e. The maximum absolute atomic E-state index is 13.0. The lowest BCUT2D eigenvalue weighted by molar-refractivity contribution is -0.127. The molecule has 3 aromatic carbocycles. The molecule has 0 bridgehead atoms. The van der Waals surface area contributed by atoms with Gasteiger partial charge in [-0.2, -0.15) is 5.26 Å². The number of carbonyl (C=O) groups excluding carboxylic acids is 1. The molecule has 5 heteroatoms. The van der Waals surface area contributed by atoms with Crippen LogP contribution in [0.15, 0.2) is 72.8 Å². The molecule has 0 saturated heterocycles. The molecule has 1 N–H and O–H groups in total. The third-order valence-corrected chi connectivity index (χ3v) is 4.61. The highest BCUT2D eigenvalue weighted by Crippen LogP contribution is 2.23. The van der Waals surface area contributed by atoms with Gasteiger partial charge >= 0.3 is 0 Å². The Kier molecular flexibility index (Phi) is 6.25. The van der Waals surface area contributed by atoms with Gasteiger partial charge in [0, 0.05) is 0 Å². The van der Waals surface area contributed by atoms with Gasteiger partial charge in [-0.15, -0.1) is 0 Å². The number of hydrogen-bond donors (Lipinski definition) is 1. The van der Waals surface area contributed by atoms with Gasteiger partial charge in [0.1, 0.15) is 11.6 Å². The van der Waals surface area contributed by atoms with Crippen LogP contribution in [0.2, 0.25) is 0 Å². The van der Waals surface area contributed by atoms with Crippen LogP contribution in [0, 0.1) is 17.1 Å².